The maximum Gasteiger partial charge on any atom is 0.360 e. The van der Waals surface area contributed by atoms with E-state index in [1.807, 2.05) is 13.0 Å². The summed E-state index contributed by atoms with van der Waals surface area (Å²) in [7, 11) is 0. The Labute approximate surface area is 111 Å². The topological polar surface area (TPSA) is 83.3 Å². The first-order chi connectivity index (χ1) is 9.17. The van der Waals surface area contributed by atoms with E-state index in [4.69, 9.17) is 14.9 Å². The average Bonchev–Trinajstić information content (AvgIpc) is 3.00. The molecule has 0 atom stereocenters. The third kappa shape index (κ3) is 2.62. The van der Waals surface area contributed by atoms with Crippen LogP contribution in [0.4, 0.5) is 5.82 Å². The van der Waals surface area contributed by atoms with Crippen LogP contribution in [0.5, 0.6) is 0 Å². The molecule has 0 aliphatic heterocycles. The molecule has 0 fully saturated rings. The molecule has 2 aromatic rings. The van der Waals surface area contributed by atoms with Crippen molar-refractivity contribution >= 4 is 11.8 Å². The Hall–Kier alpha value is -2.24. The van der Waals surface area contributed by atoms with Gasteiger partial charge in [-0.15, -0.1) is 0 Å². The van der Waals surface area contributed by atoms with E-state index in [1.165, 1.54) is 0 Å². The molecule has 0 bridgehead atoms. The second kappa shape index (κ2) is 5.60. The third-order valence-electron chi connectivity index (χ3n) is 2.76. The molecule has 0 saturated carbocycles. The van der Waals surface area contributed by atoms with Crippen molar-refractivity contribution in [2.75, 3.05) is 12.3 Å². The number of nitrogens with zero attached hydrogens (tertiary/aromatic N) is 2. The van der Waals surface area contributed by atoms with Crippen LogP contribution in [-0.4, -0.2) is 22.1 Å². The highest BCUT2D eigenvalue weighted by Crippen LogP contribution is 2.18. The van der Waals surface area contributed by atoms with Crippen LogP contribution >= 0.6 is 0 Å². The number of aryl methyl sites for hydroxylation is 1. The van der Waals surface area contributed by atoms with Crippen LogP contribution in [0.1, 0.15) is 35.9 Å². The number of aromatic nitrogens is 2. The molecule has 0 radical (unpaired) electrons. The summed E-state index contributed by atoms with van der Waals surface area (Å²) in [6, 6.07) is 3.66. The van der Waals surface area contributed by atoms with Gasteiger partial charge in [-0.05, 0) is 19.1 Å². The second-order valence-corrected chi connectivity index (χ2v) is 4.00. The number of esters is 1. The molecule has 6 nitrogen and oxygen atoms in total. The molecule has 6 heteroatoms. The Morgan fingerprint density at radius 1 is 1.53 bits per heavy atom. The van der Waals surface area contributed by atoms with Gasteiger partial charge in [-0.1, -0.05) is 6.92 Å². The van der Waals surface area contributed by atoms with Gasteiger partial charge in [0.25, 0.3) is 0 Å². The maximum absolute atomic E-state index is 11.7. The molecule has 2 rings (SSSR count). The van der Waals surface area contributed by atoms with Crippen LogP contribution < -0.4 is 5.73 Å². The number of nitrogens with two attached hydrogens (primary N) is 1. The van der Waals surface area contributed by atoms with Crippen LogP contribution in [0.15, 0.2) is 22.8 Å². The minimum Gasteiger partial charge on any atom is -0.467 e. The van der Waals surface area contributed by atoms with E-state index >= 15 is 0 Å². The smallest absolute Gasteiger partial charge is 0.360 e. The fourth-order valence-electron chi connectivity index (χ4n) is 1.87. The van der Waals surface area contributed by atoms with Gasteiger partial charge in [-0.25, -0.2) is 9.78 Å². The summed E-state index contributed by atoms with van der Waals surface area (Å²) in [6.45, 7) is 4.45. The number of furan rings is 1. The number of rotatable bonds is 5. The first-order valence-corrected chi connectivity index (χ1v) is 6.21. The van der Waals surface area contributed by atoms with Crippen molar-refractivity contribution in [3.8, 4) is 0 Å². The van der Waals surface area contributed by atoms with Gasteiger partial charge in [0, 0.05) is 6.42 Å². The van der Waals surface area contributed by atoms with Crippen molar-refractivity contribution in [3.05, 3.63) is 35.7 Å². The van der Waals surface area contributed by atoms with Crippen LogP contribution in [0.2, 0.25) is 0 Å². The van der Waals surface area contributed by atoms with Crippen molar-refractivity contribution in [3.63, 3.8) is 0 Å². The number of hydrogen-bond donors (Lipinski definition) is 1. The second-order valence-electron chi connectivity index (χ2n) is 4.00. The lowest BCUT2D eigenvalue weighted by Crippen LogP contribution is -2.10. The van der Waals surface area contributed by atoms with Gasteiger partial charge in [-0.3, -0.25) is 0 Å². The van der Waals surface area contributed by atoms with Crippen LogP contribution in [0, 0.1) is 0 Å². The first-order valence-electron chi connectivity index (χ1n) is 6.21. The molecule has 2 aromatic heterocycles. The number of imidazole rings is 1. The number of nitrogen functional groups attached to an aromatic ring is 1. The number of hydrogen-bond acceptors (Lipinski definition) is 5. The average molecular weight is 263 g/mol. The summed E-state index contributed by atoms with van der Waals surface area (Å²) in [5.74, 6) is 1.31. The number of anilines is 1. The van der Waals surface area contributed by atoms with E-state index in [0.717, 1.165) is 11.6 Å². The molecule has 0 aliphatic rings. The lowest BCUT2D eigenvalue weighted by Gasteiger charge is -2.06. The summed E-state index contributed by atoms with van der Waals surface area (Å²) < 4.78 is 12.0. The molecular weight excluding hydrogens is 246 g/mol. The van der Waals surface area contributed by atoms with E-state index in [1.54, 1.807) is 23.8 Å². The highest BCUT2D eigenvalue weighted by atomic mass is 16.5. The molecule has 2 N–H and O–H groups in total. The van der Waals surface area contributed by atoms with Crippen molar-refractivity contribution < 1.29 is 13.9 Å². The van der Waals surface area contributed by atoms with E-state index in [2.05, 4.69) is 4.98 Å². The normalized spacial score (nSPS) is 10.6. The highest BCUT2D eigenvalue weighted by molar-refractivity contribution is 5.92. The van der Waals surface area contributed by atoms with Gasteiger partial charge in [0.1, 0.15) is 17.4 Å². The molecule has 0 amide bonds. The SMILES string of the molecule is CCOC(=O)c1nc(CC)n(Cc2ccco2)c1N. The molecule has 0 unspecified atom stereocenters. The number of ether oxygens (including phenoxy) is 1. The zero-order valence-corrected chi connectivity index (χ0v) is 11.0. The molecular formula is C13H17N3O3. The summed E-state index contributed by atoms with van der Waals surface area (Å²) in [5.41, 5.74) is 6.16. The van der Waals surface area contributed by atoms with Crippen LogP contribution in [0.25, 0.3) is 0 Å². The fourth-order valence-corrected chi connectivity index (χ4v) is 1.87. The quantitative estimate of drug-likeness (QED) is 0.832. The third-order valence-corrected chi connectivity index (χ3v) is 2.76. The predicted molar refractivity (Wildman–Crippen MR) is 69.8 cm³/mol. The Balaban J connectivity index is 2.34. The van der Waals surface area contributed by atoms with Crippen molar-refractivity contribution in [2.45, 2.75) is 26.8 Å². The Bertz CT molecular complexity index is 558. The zero-order valence-electron chi connectivity index (χ0n) is 11.0. The molecule has 0 spiro atoms. The summed E-state index contributed by atoms with van der Waals surface area (Å²) in [6.07, 6.45) is 2.27. The zero-order chi connectivity index (χ0) is 13.8. The van der Waals surface area contributed by atoms with Crippen LogP contribution in [0.3, 0.4) is 0 Å². The molecule has 0 aromatic carbocycles. The summed E-state index contributed by atoms with van der Waals surface area (Å²) in [5, 5.41) is 0. The monoisotopic (exact) mass is 263 g/mol. The minimum atomic E-state index is -0.493. The van der Waals surface area contributed by atoms with Gasteiger partial charge < -0.3 is 19.5 Å². The highest BCUT2D eigenvalue weighted by Gasteiger charge is 2.21. The Kier molecular flexibility index (Phi) is 3.89. The van der Waals surface area contributed by atoms with Gasteiger partial charge in [0.2, 0.25) is 0 Å². The molecule has 2 heterocycles. The number of carbonyl (C=O) groups is 1. The molecule has 102 valence electrons. The van der Waals surface area contributed by atoms with E-state index in [9.17, 15) is 4.79 Å². The Morgan fingerprint density at radius 3 is 2.89 bits per heavy atom. The van der Waals surface area contributed by atoms with E-state index in [-0.39, 0.29) is 5.69 Å². The standard InChI is InChI=1S/C13H17N3O3/c1-3-10-15-11(13(17)18-4-2)12(14)16(10)8-9-6-5-7-19-9/h5-7H,3-4,8,14H2,1-2H3. The first kappa shape index (κ1) is 13.2. The minimum absolute atomic E-state index is 0.172. The Morgan fingerprint density at radius 2 is 2.32 bits per heavy atom. The lowest BCUT2D eigenvalue weighted by molar-refractivity contribution is 0.0521. The maximum atomic E-state index is 11.7. The van der Waals surface area contributed by atoms with E-state index < -0.39 is 5.97 Å². The van der Waals surface area contributed by atoms with Crippen molar-refractivity contribution in [1.29, 1.82) is 0 Å². The van der Waals surface area contributed by atoms with Gasteiger partial charge >= 0.3 is 5.97 Å². The largest absolute Gasteiger partial charge is 0.467 e. The van der Waals surface area contributed by atoms with Crippen LogP contribution in [-0.2, 0) is 17.7 Å². The fraction of sp³-hybridized carbons (Fsp3) is 0.385. The predicted octanol–water partition coefficient (Wildman–Crippen LogP) is 1.85. The van der Waals surface area contributed by atoms with E-state index in [0.29, 0.717) is 25.4 Å². The summed E-state index contributed by atoms with van der Waals surface area (Å²) in [4.78, 5) is 16.0. The molecule has 0 saturated heterocycles. The molecule has 0 aliphatic carbocycles. The molecule has 19 heavy (non-hydrogen) atoms. The lowest BCUT2D eigenvalue weighted by atomic mass is 10.4. The van der Waals surface area contributed by atoms with Crippen molar-refractivity contribution in [1.82, 2.24) is 9.55 Å². The van der Waals surface area contributed by atoms with Crippen molar-refractivity contribution in [2.24, 2.45) is 0 Å². The number of carbonyl (C=O) groups excluding carboxylic acids is 1. The van der Waals surface area contributed by atoms with Gasteiger partial charge in [-0.2, -0.15) is 0 Å². The summed E-state index contributed by atoms with van der Waals surface area (Å²) >= 11 is 0. The van der Waals surface area contributed by atoms with Gasteiger partial charge in [0.05, 0.1) is 19.4 Å². The van der Waals surface area contributed by atoms with Gasteiger partial charge in [0.15, 0.2) is 5.69 Å².